The molecule has 0 atom stereocenters. The molecule has 2 aromatic heterocycles. The Labute approximate surface area is 224 Å². The number of halogens is 4. The molecule has 14 heteroatoms. The van der Waals surface area contributed by atoms with Gasteiger partial charge in [-0.05, 0) is 56.1 Å². The van der Waals surface area contributed by atoms with E-state index < -0.39 is 23.2 Å². The summed E-state index contributed by atoms with van der Waals surface area (Å²) in [5.74, 6) is -0.0193. The lowest BCUT2D eigenvalue weighted by Crippen LogP contribution is -2.43. The van der Waals surface area contributed by atoms with Gasteiger partial charge in [0.15, 0.2) is 5.82 Å². The highest BCUT2D eigenvalue weighted by molar-refractivity contribution is 6.33. The topological polar surface area (TPSA) is 112 Å². The van der Waals surface area contributed by atoms with Crippen LogP contribution in [0.15, 0.2) is 29.1 Å². The van der Waals surface area contributed by atoms with Crippen LogP contribution in [-0.4, -0.2) is 51.4 Å². The third-order valence-corrected chi connectivity index (χ3v) is 7.64. The molecule has 1 spiro atoms. The second-order valence-corrected chi connectivity index (χ2v) is 10.1. The van der Waals surface area contributed by atoms with Crippen molar-refractivity contribution in [3.8, 4) is 0 Å². The molecule has 39 heavy (non-hydrogen) atoms. The average molecular weight is 565 g/mol. The van der Waals surface area contributed by atoms with Gasteiger partial charge in [0.05, 0.1) is 47.4 Å². The van der Waals surface area contributed by atoms with Crippen LogP contribution in [0.5, 0.6) is 0 Å². The normalized spacial score (nSPS) is 18.8. The SMILES string of the molecule is O=C(Cn1c2c(c(=O)n3nc(C4=CCOCC4)nc13)C1(CCNCC1)OC2)Nc1ccc(C(F)(F)F)cc1Cl. The molecule has 10 nitrogen and oxygen atoms in total. The summed E-state index contributed by atoms with van der Waals surface area (Å²) in [6.45, 7) is 2.06. The van der Waals surface area contributed by atoms with Crippen molar-refractivity contribution in [1.29, 1.82) is 0 Å². The highest BCUT2D eigenvalue weighted by Crippen LogP contribution is 2.41. The van der Waals surface area contributed by atoms with Crippen LogP contribution >= 0.6 is 11.6 Å². The Hall–Kier alpha value is -3.26. The standard InChI is InChI=1S/C25H24ClF3N6O4/c26-16-11-15(25(27,28)29)1-2-17(16)31-19(36)12-34-18-13-39-24(5-7-30-8-6-24)20(18)22(37)35-23(34)32-21(33-35)14-3-9-38-10-4-14/h1-3,11,30H,4-10,12-13H2,(H,31,36). The van der Waals surface area contributed by atoms with Crippen LogP contribution in [0.1, 0.15) is 41.9 Å². The minimum absolute atomic E-state index is 0.0315. The predicted octanol–water partition coefficient (Wildman–Crippen LogP) is 3.11. The van der Waals surface area contributed by atoms with Crippen LogP contribution in [0.25, 0.3) is 11.4 Å². The molecular formula is C25H24ClF3N6O4. The maximum absolute atomic E-state index is 13.8. The lowest BCUT2D eigenvalue weighted by atomic mass is 9.86. The molecule has 0 bridgehead atoms. The van der Waals surface area contributed by atoms with Gasteiger partial charge in [-0.1, -0.05) is 17.7 Å². The zero-order valence-electron chi connectivity index (χ0n) is 20.6. The third kappa shape index (κ3) is 4.62. The Morgan fingerprint density at radius 2 is 2.05 bits per heavy atom. The van der Waals surface area contributed by atoms with E-state index in [1.807, 2.05) is 6.08 Å². The van der Waals surface area contributed by atoms with Crippen molar-refractivity contribution in [3.63, 3.8) is 0 Å². The smallest absolute Gasteiger partial charge is 0.377 e. The first kappa shape index (κ1) is 26.0. The van der Waals surface area contributed by atoms with Crippen LogP contribution < -0.4 is 16.2 Å². The van der Waals surface area contributed by atoms with Gasteiger partial charge in [-0.15, -0.1) is 5.10 Å². The van der Waals surface area contributed by atoms with Crippen molar-refractivity contribution in [1.82, 2.24) is 24.5 Å². The van der Waals surface area contributed by atoms with E-state index in [9.17, 15) is 22.8 Å². The van der Waals surface area contributed by atoms with Crippen LogP contribution in [0.3, 0.4) is 0 Å². The van der Waals surface area contributed by atoms with Gasteiger partial charge >= 0.3 is 6.18 Å². The summed E-state index contributed by atoms with van der Waals surface area (Å²) in [5.41, 5.74) is -0.210. The number of aromatic nitrogens is 4. The fourth-order valence-corrected chi connectivity index (χ4v) is 5.60. The predicted molar refractivity (Wildman–Crippen MR) is 134 cm³/mol. The molecule has 0 saturated carbocycles. The molecular weight excluding hydrogens is 541 g/mol. The minimum atomic E-state index is -4.57. The number of ether oxygens (including phenoxy) is 2. The van der Waals surface area contributed by atoms with Crippen molar-refractivity contribution in [2.24, 2.45) is 0 Å². The summed E-state index contributed by atoms with van der Waals surface area (Å²) in [4.78, 5) is 31.6. The fraction of sp³-hybridized carbons (Fsp3) is 0.440. The molecule has 0 unspecified atom stereocenters. The number of hydrogen-bond donors (Lipinski definition) is 2. The number of fused-ring (bicyclic) bond motifs is 3. The van der Waals surface area contributed by atoms with Gasteiger partial charge in [-0.2, -0.15) is 22.7 Å². The van der Waals surface area contributed by atoms with Crippen molar-refractivity contribution >= 4 is 34.5 Å². The molecule has 206 valence electrons. The molecule has 1 amide bonds. The Balaban J connectivity index is 1.41. The summed E-state index contributed by atoms with van der Waals surface area (Å²) in [7, 11) is 0. The van der Waals surface area contributed by atoms with E-state index in [2.05, 4.69) is 20.7 Å². The summed E-state index contributed by atoms with van der Waals surface area (Å²) >= 11 is 6.05. The number of piperidine rings is 1. The lowest BCUT2D eigenvalue weighted by Gasteiger charge is -2.33. The third-order valence-electron chi connectivity index (χ3n) is 7.33. The maximum atomic E-state index is 13.8. The maximum Gasteiger partial charge on any atom is 0.416 e. The molecule has 6 rings (SSSR count). The van der Waals surface area contributed by atoms with E-state index in [-0.39, 0.29) is 35.2 Å². The molecule has 1 fully saturated rings. The van der Waals surface area contributed by atoms with E-state index >= 15 is 0 Å². The molecule has 1 saturated heterocycles. The van der Waals surface area contributed by atoms with E-state index in [0.717, 1.165) is 23.8 Å². The minimum Gasteiger partial charge on any atom is -0.377 e. The molecule has 3 aliphatic rings. The summed E-state index contributed by atoms with van der Waals surface area (Å²) in [6.07, 6.45) is -0.964. The number of nitrogens with zero attached hydrogens (tertiary/aromatic N) is 4. The first-order chi connectivity index (χ1) is 18.7. The van der Waals surface area contributed by atoms with E-state index in [4.69, 9.17) is 21.1 Å². The summed E-state index contributed by atoms with van der Waals surface area (Å²) in [5, 5.41) is 10.1. The highest BCUT2D eigenvalue weighted by atomic mass is 35.5. The lowest BCUT2D eigenvalue weighted by molar-refractivity contribution is -0.137. The molecule has 3 aromatic rings. The number of rotatable bonds is 4. The Morgan fingerprint density at radius 1 is 1.26 bits per heavy atom. The van der Waals surface area contributed by atoms with Gasteiger partial charge < -0.3 is 24.7 Å². The molecule has 0 radical (unpaired) electrons. The fourth-order valence-electron chi connectivity index (χ4n) is 5.37. The molecule has 1 aromatic carbocycles. The second kappa shape index (κ2) is 9.73. The van der Waals surface area contributed by atoms with Gasteiger partial charge in [-0.25, -0.2) is 0 Å². The molecule has 5 heterocycles. The van der Waals surface area contributed by atoms with Crippen molar-refractivity contribution in [2.45, 2.75) is 44.2 Å². The largest absolute Gasteiger partial charge is 0.416 e. The zero-order chi connectivity index (χ0) is 27.4. The average Bonchev–Trinajstić information content (AvgIpc) is 3.51. The number of anilines is 1. The number of carbonyl (C=O) groups is 1. The quantitative estimate of drug-likeness (QED) is 0.501. The molecule has 0 aliphatic carbocycles. The van der Waals surface area contributed by atoms with Crippen molar-refractivity contribution in [2.75, 3.05) is 31.6 Å². The van der Waals surface area contributed by atoms with Crippen molar-refractivity contribution in [3.05, 3.63) is 62.3 Å². The zero-order valence-corrected chi connectivity index (χ0v) is 21.4. The van der Waals surface area contributed by atoms with Gasteiger partial charge in [0.2, 0.25) is 11.7 Å². The van der Waals surface area contributed by atoms with E-state index in [0.29, 0.717) is 62.6 Å². The number of nitrogens with one attached hydrogen (secondary N) is 2. The van der Waals surface area contributed by atoms with E-state index in [1.165, 1.54) is 4.52 Å². The van der Waals surface area contributed by atoms with Crippen molar-refractivity contribution < 1.29 is 27.4 Å². The Bertz CT molecular complexity index is 1560. The monoisotopic (exact) mass is 564 g/mol. The number of benzene rings is 1. The van der Waals surface area contributed by atoms with Crippen LogP contribution in [0.2, 0.25) is 5.02 Å². The first-order valence-electron chi connectivity index (χ1n) is 12.5. The number of alkyl halides is 3. The van der Waals surface area contributed by atoms with Crippen LogP contribution in [-0.2, 0) is 39.2 Å². The molecule has 3 aliphatic heterocycles. The van der Waals surface area contributed by atoms with Crippen LogP contribution in [0, 0.1) is 0 Å². The highest BCUT2D eigenvalue weighted by Gasteiger charge is 2.46. The van der Waals surface area contributed by atoms with Gasteiger partial charge in [-0.3, -0.25) is 9.59 Å². The number of amides is 1. The summed E-state index contributed by atoms with van der Waals surface area (Å²) in [6, 6.07) is 2.71. The van der Waals surface area contributed by atoms with Gasteiger partial charge in [0.25, 0.3) is 5.56 Å². The molecule has 2 N–H and O–H groups in total. The summed E-state index contributed by atoms with van der Waals surface area (Å²) < 4.78 is 53.5. The van der Waals surface area contributed by atoms with Gasteiger partial charge in [0.1, 0.15) is 12.1 Å². The van der Waals surface area contributed by atoms with Gasteiger partial charge in [0, 0.05) is 0 Å². The Morgan fingerprint density at radius 3 is 2.74 bits per heavy atom. The van der Waals surface area contributed by atoms with E-state index in [1.54, 1.807) is 4.57 Å². The number of hydrogen-bond acceptors (Lipinski definition) is 7. The first-order valence-corrected chi connectivity index (χ1v) is 12.9. The second-order valence-electron chi connectivity index (χ2n) is 9.69. The Kier molecular flexibility index (Phi) is 6.49. The number of carbonyl (C=O) groups excluding carboxylic acids is 1. The van der Waals surface area contributed by atoms with Crippen LogP contribution in [0.4, 0.5) is 18.9 Å².